The van der Waals surface area contributed by atoms with E-state index in [4.69, 9.17) is 9.47 Å². The lowest BCUT2D eigenvalue weighted by Gasteiger charge is -2.36. The molecule has 0 aromatic rings. The lowest BCUT2D eigenvalue weighted by atomic mass is 10.00. The van der Waals surface area contributed by atoms with Crippen LogP contribution in [0.2, 0.25) is 0 Å². The number of nitrogens with one attached hydrogen (secondary N) is 1. The van der Waals surface area contributed by atoms with Gasteiger partial charge in [0.2, 0.25) is 12.3 Å². The summed E-state index contributed by atoms with van der Waals surface area (Å²) in [4.78, 5) is 14.3. The molecule has 1 heterocycles. The largest absolute Gasteiger partial charge is 0.341 e. The molecule has 1 N–H and O–H groups in total. The second-order valence-corrected chi connectivity index (χ2v) is 5.61. The number of rotatable bonds is 6. The van der Waals surface area contributed by atoms with Gasteiger partial charge in [0.05, 0.1) is 6.04 Å². The first-order chi connectivity index (χ1) is 8.34. The molecular formula is C13H26N2O3. The van der Waals surface area contributed by atoms with Gasteiger partial charge in [-0.2, -0.15) is 0 Å². The Hall–Kier alpha value is -0.650. The molecule has 1 fully saturated rings. The highest BCUT2D eigenvalue weighted by Crippen LogP contribution is 2.15. The molecule has 1 amide bonds. The van der Waals surface area contributed by atoms with Gasteiger partial charge in [-0.25, -0.2) is 0 Å². The van der Waals surface area contributed by atoms with Gasteiger partial charge in [-0.3, -0.25) is 10.1 Å². The van der Waals surface area contributed by atoms with Gasteiger partial charge in [-0.05, 0) is 18.8 Å². The molecule has 1 saturated heterocycles. The summed E-state index contributed by atoms with van der Waals surface area (Å²) < 4.78 is 10.3. The summed E-state index contributed by atoms with van der Waals surface area (Å²) in [5.41, 5.74) is 0. The fourth-order valence-electron chi connectivity index (χ4n) is 1.80. The molecule has 2 atom stereocenters. The number of hydrogen-bond donors (Lipinski definition) is 1. The van der Waals surface area contributed by atoms with Crippen molar-refractivity contribution in [3.8, 4) is 0 Å². The molecule has 0 bridgehead atoms. The quantitative estimate of drug-likeness (QED) is 0.782. The van der Waals surface area contributed by atoms with E-state index in [0.29, 0.717) is 12.7 Å². The molecule has 0 radical (unpaired) electrons. The third-order valence-electron chi connectivity index (χ3n) is 3.61. The van der Waals surface area contributed by atoms with E-state index in [-0.39, 0.29) is 23.9 Å². The summed E-state index contributed by atoms with van der Waals surface area (Å²) in [6, 6.07) is -0.0646. The van der Waals surface area contributed by atoms with Crippen LogP contribution < -0.4 is 5.32 Å². The zero-order chi connectivity index (χ0) is 13.9. The van der Waals surface area contributed by atoms with E-state index in [0.717, 1.165) is 0 Å². The minimum absolute atomic E-state index is 0.0882. The van der Waals surface area contributed by atoms with Gasteiger partial charge in [0.15, 0.2) is 6.79 Å². The minimum Gasteiger partial charge on any atom is -0.341 e. The molecule has 0 unspecified atom stereocenters. The summed E-state index contributed by atoms with van der Waals surface area (Å²) in [6.45, 7) is 10.6. The van der Waals surface area contributed by atoms with Gasteiger partial charge < -0.3 is 14.4 Å². The van der Waals surface area contributed by atoms with Crippen molar-refractivity contribution in [2.75, 3.05) is 13.8 Å². The summed E-state index contributed by atoms with van der Waals surface area (Å²) in [5, 5.41) is 3.09. The molecule has 0 aliphatic carbocycles. The van der Waals surface area contributed by atoms with Crippen LogP contribution >= 0.6 is 0 Å². The highest BCUT2D eigenvalue weighted by Gasteiger charge is 2.32. The normalized spacial score (nSPS) is 19.8. The number of carbonyl (C=O) groups excluding carboxylic acids is 1. The predicted octanol–water partition coefficient (Wildman–Crippen LogP) is 1.39. The maximum atomic E-state index is 12.5. The molecule has 0 aromatic heterocycles. The first kappa shape index (κ1) is 15.4. The van der Waals surface area contributed by atoms with Crippen LogP contribution in [0.15, 0.2) is 0 Å². The summed E-state index contributed by atoms with van der Waals surface area (Å²) in [7, 11) is 1.85. The number of nitrogens with zero attached hydrogens (tertiary/aromatic N) is 1. The van der Waals surface area contributed by atoms with Crippen molar-refractivity contribution in [3.05, 3.63) is 0 Å². The number of amides is 1. The Kier molecular flexibility index (Phi) is 5.56. The maximum Gasteiger partial charge on any atom is 0.240 e. The molecule has 106 valence electrons. The van der Waals surface area contributed by atoms with Crippen LogP contribution in [0.4, 0.5) is 0 Å². The first-order valence-corrected chi connectivity index (χ1v) is 6.60. The van der Waals surface area contributed by atoms with E-state index >= 15 is 0 Å². The van der Waals surface area contributed by atoms with E-state index in [2.05, 4.69) is 26.1 Å². The van der Waals surface area contributed by atoms with Crippen LogP contribution in [0, 0.1) is 11.8 Å². The number of hydrogen-bond acceptors (Lipinski definition) is 4. The highest BCUT2D eigenvalue weighted by molar-refractivity contribution is 5.82. The monoisotopic (exact) mass is 258 g/mol. The molecule has 1 rings (SSSR count). The van der Waals surface area contributed by atoms with Gasteiger partial charge in [0, 0.05) is 13.1 Å². The minimum atomic E-state index is -0.441. The second-order valence-electron chi connectivity index (χ2n) is 5.61. The Morgan fingerprint density at radius 3 is 2.06 bits per heavy atom. The Morgan fingerprint density at radius 2 is 1.72 bits per heavy atom. The third kappa shape index (κ3) is 3.67. The number of carbonyl (C=O) groups is 1. The van der Waals surface area contributed by atoms with E-state index in [1.54, 1.807) is 4.90 Å². The smallest absolute Gasteiger partial charge is 0.240 e. The Morgan fingerprint density at radius 1 is 1.17 bits per heavy atom. The summed E-state index contributed by atoms with van der Waals surface area (Å²) in [6.07, 6.45) is -0.441. The highest BCUT2D eigenvalue weighted by atomic mass is 16.9. The van der Waals surface area contributed by atoms with Crippen LogP contribution in [0.1, 0.15) is 34.6 Å². The van der Waals surface area contributed by atoms with Gasteiger partial charge >= 0.3 is 0 Å². The van der Waals surface area contributed by atoms with Crippen LogP contribution in [0.5, 0.6) is 0 Å². The SMILES string of the molecule is CC(C)[C@H](NC1OCO1)C(=O)N(C)[C@H](C)C(C)C. The second kappa shape index (κ2) is 6.50. The lowest BCUT2D eigenvalue weighted by molar-refractivity contribution is -0.335. The van der Waals surface area contributed by atoms with Gasteiger partial charge in [-0.1, -0.05) is 27.7 Å². The maximum absolute atomic E-state index is 12.5. The van der Waals surface area contributed by atoms with E-state index in [9.17, 15) is 4.79 Å². The van der Waals surface area contributed by atoms with Crippen LogP contribution in [0.25, 0.3) is 0 Å². The fraction of sp³-hybridized carbons (Fsp3) is 0.923. The fourth-order valence-corrected chi connectivity index (χ4v) is 1.80. The lowest BCUT2D eigenvalue weighted by Crippen LogP contribution is -2.57. The molecule has 18 heavy (non-hydrogen) atoms. The molecular weight excluding hydrogens is 232 g/mol. The van der Waals surface area contributed by atoms with Crippen molar-refractivity contribution in [2.45, 2.75) is 53.1 Å². The van der Waals surface area contributed by atoms with Crippen molar-refractivity contribution < 1.29 is 14.3 Å². The predicted molar refractivity (Wildman–Crippen MR) is 69.7 cm³/mol. The van der Waals surface area contributed by atoms with Crippen molar-refractivity contribution in [1.29, 1.82) is 0 Å². The van der Waals surface area contributed by atoms with Crippen LogP contribution in [-0.4, -0.2) is 43.1 Å². The average molecular weight is 258 g/mol. The van der Waals surface area contributed by atoms with Gasteiger partial charge in [-0.15, -0.1) is 0 Å². The van der Waals surface area contributed by atoms with Crippen molar-refractivity contribution in [1.82, 2.24) is 10.2 Å². The number of likely N-dealkylation sites (N-methyl/N-ethyl adjacent to an activating group) is 1. The zero-order valence-corrected chi connectivity index (χ0v) is 12.3. The molecule has 5 nitrogen and oxygen atoms in total. The van der Waals surface area contributed by atoms with E-state index in [1.807, 2.05) is 20.9 Å². The Labute approximate surface area is 110 Å². The standard InChI is InChI=1S/C13H26N2O3/c1-8(2)10(5)15(6)12(16)11(9(3)4)14-13-17-7-18-13/h8-11,13-14H,7H2,1-6H3/t10-,11+/m1/s1. The molecule has 5 heteroatoms. The van der Waals surface area contributed by atoms with Gasteiger partial charge in [0.1, 0.15) is 0 Å². The number of ether oxygens (including phenoxy) is 2. The molecule has 0 saturated carbocycles. The van der Waals surface area contributed by atoms with E-state index < -0.39 is 6.41 Å². The zero-order valence-electron chi connectivity index (χ0n) is 12.3. The Balaban J connectivity index is 2.63. The average Bonchev–Trinajstić information content (AvgIpc) is 2.24. The van der Waals surface area contributed by atoms with E-state index in [1.165, 1.54) is 0 Å². The third-order valence-corrected chi connectivity index (χ3v) is 3.61. The summed E-state index contributed by atoms with van der Waals surface area (Å²) >= 11 is 0. The van der Waals surface area contributed by atoms with Crippen LogP contribution in [0.3, 0.4) is 0 Å². The molecule has 0 aromatic carbocycles. The van der Waals surface area contributed by atoms with Crippen molar-refractivity contribution in [3.63, 3.8) is 0 Å². The molecule has 1 aliphatic heterocycles. The van der Waals surface area contributed by atoms with Crippen LogP contribution in [-0.2, 0) is 14.3 Å². The van der Waals surface area contributed by atoms with Crippen molar-refractivity contribution in [2.24, 2.45) is 11.8 Å². The first-order valence-electron chi connectivity index (χ1n) is 6.60. The Bertz CT molecular complexity index is 277. The van der Waals surface area contributed by atoms with Gasteiger partial charge in [0.25, 0.3) is 0 Å². The summed E-state index contributed by atoms with van der Waals surface area (Å²) in [5.74, 6) is 0.709. The molecule has 0 spiro atoms. The van der Waals surface area contributed by atoms with Crippen molar-refractivity contribution >= 4 is 5.91 Å². The topological polar surface area (TPSA) is 50.8 Å². The molecule has 1 aliphatic rings.